The lowest BCUT2D eigenvalue weighted by Crippen LogP contribution is -2.35. The van der Waals surface area contributed by atoms with Crippen molar-refractivity contribution >= 4 is 5.91 Å². The fourth-order valence-corrected chi connectivity index (χ4v) is 3.88. The minimum atomic E-state index is -0.0707. The molecule has 0 N–H and O–H groups in total. The van der Waals surface area contributed by atoms with Crippen molar-refractivity contribution in [3.8, 4) is 5.69 Å². The van der Waals surface area contributed by atoms with Crippen LogP contribution in [0.2, 0.25) is 0 Å². The average molecular weight is 404 g/mol. The second kappa shape index (κ2) is 9.22. The van der Waals surface area contributed by atoms with E-state index >= 15 is 0 Å². The van der Waals surface area contributed by atoms with Crippen LogP contribution in [0, 0.1) is 6.92 Å². The van der Waals surface area contributed by atoms with Crippen LogP contribution in [0.3, 0.4) is 0 Å². The minimum absolute atomic E-state index is 0.0707. The third kappa shape index (κ3) is 4.60. The van der Waals surface area contributed by atoms with Crippen LogP contribution in [-0.2, 0) is 12.8 Å². The predicted octanol–water partition coefficient (Wildman–Crippen LogP) is 3.14. The molecule has 156 valence electrons. The third-order valence-corrected chi connectivity index (χ3v) is 5.70. The Balaban J connectivity index is 1.63. The van der Waals surface area contributed by atoms with Crippen molar-refractivity contribution in [1.82, 2.24) is 24.6 Å². The number of rotatable bonds is 5. The Morgan fingerprint density at radius 3 is 2.50 bits per heavy atom. The highest BCUT2D eigenvalue weighted by Gasteiger charge is 2.24. The molecule has 30 heavy (non-hydrogen) atoms. The molecule has 6 nitrogen and oxygen atoms in total. The zero-order chi connectivity index (χ0) is 20.9. The minimum Gasteiger partial charge on any atom is -0.335 e. The van der Waals surface area contributed by atoms with Gasteiger partial charge in [-0.05, 0) is 50.6 Å². The highest BCUT2D eigenvalue weighted by Crippen LogP contribution is 2.17. The molecular formula is C24H29N5O. The number of aryl methyl sites for hydroxylation is 3. The standard InChI is InChI=1S/C24H29N5O/c1-19-9-6-7-12-21(19)29-22(14-13-20-10-4-3-5-11-20)25-23(26-29)24(30)28-16-8-15-27(2)17-18-28/h3-7,9-12H,8,13-18H2,1-2H3. The summed E-state index contributed by atoms with van der Waals surface area (Å²) in [6, 6.07) is 18.5. The number of hydrogen-bond donors (Lipinski definition) is 0. The molecule has 0 spiro atoms. The Morgan fingerprint density at radius 1 is 0.933 bits per heavy atom. The van der Waals surface area contributed by atoms with Gasteiger partial charge in [0.15, 0.2) is 0 Å². The summed E-state index contributed by atoms with van der Waals surface area (Å²) in [4.78, 5) is 22.1. The molecule has 0 saturated carbocycles. The number of para-hydroxylation sites is 1. The molecular weight excluding hydrogens is 374 g/mol. The normalized spacial score (nSPS) is 15.2. The van der Waals surface area contributed by atoms with Crippen molar-refractivity contribution in [3.05, 3.63) is 77.4 Å². The van der Waals surface area contributed by atoms with Crippen LogP contribution < -0.4 is 0 Å². The fourth-order valence-electron chi connectivity index (χ4n) is 3.88. The zero-order valence-electron chi connectivity index (χ0n) is 17.8. The molecule has 0 aliphatic carbocycles. The smallest absolute Gasteiger partial charge is 0.293 e. The Bertz CT molecular complexity index is 998. The third-order valence-electron chi connectivity index (χ3n) is 5.70. The first-order valence-electron chi connectivity index (χ1n) is 10.7. The molecule has 0 radical (unpaired) electrons. The maximum absolute atomic E-state index is 13.2. The Labute approximate surface area is 178 Å². The highest BCUT2D eigenvalue weighted by atomic mass is 16.2. The molecule has 1 aliphatic rings. The van der Waals surface area contributed by atoms with Crippen molar-refractivity contribution < 1.29 is 4.79 Å². The van der Waals surface area contributed by atoms with E-state index in [9.17, 15) is 4.79 Å². The molecule has 0 atom stereocenters. The molecule has 0 bridgehead atoms. The number of likely N-dealkylation sites (N-methyl/N-ethyl adjacent to an activating group) is 1. The molecule has 0 unspecified atom stereocenters. The number of nitrogens with zero attached hydrogens (tertiary/aromatic N) is 5. The molecule has 1 aliphatic heterocycles. The first kappa shape index (κ1) is 20.3. The number of benzene rings is 2. The molecule has 2 heterocycles. The van der Waals surface area contributed by atoms with E-state index in [0.717, 1.165) is 56.0 Å². The molecule has 1 amide bonds. The van der Waals surface area contributed by atoms with Gasteiger partial charge in [0, 0.05) is 26.1 Å². The van der Waals surface area contributed by atoms with Gasteiger partial charge in [0.2, 0.25) is 5.82 Å². The largest absolute Gasteiger partial charge is 0.335 e. The zero-order valence-corrected chi connectivity index (χ0v) is 17.8. The van der Waals surface area contributed by atoms with E-state index in [4.69, 9.17) is 4.98 Å². The van der Waals surface area contributed by atoms with E-state index in [2.05, 4.69) is 42.2 Å². The number of aromatic nitrogens is 3. The van der Waals surface area contributed by atoms with Crippen LogP contribution >= 0.6 is 0 Å². The summed E-state index contributed by atoms with van der Waals surface area (Å²) in [6.07, 6.45) is 2.55. The van der Waals surface area contributed by atoms with Gasteiger partial charge >= 0.3 is 0 Å². The lowest BCUT2D eigenvalue weighted by molar-refractivity contribution is 0.0750. The summed E-state index contributed by atoms with van der Waals surface area (Å²) in [7, 11) is 2.10. The molecule has 2 aromatic carbocycles. The Morgan fingerprint density at radius 2 is 1.70 bits per heavy atom. The van der Waals surface area contributed by atoms with Crippen molar-refractivity contribution in [2.45, 2.75) is 26.2 Å². The molecule has 1 saturated heterocycles. The molecule has 6 heteroatoms. The fraction of sp³-hybridized carbons (Fsp3) is 0.375. The van der Waals surface area contributed by atoms with Gasteiger partial charge in [-0.25, -0.2) is 9.67 Å². The molecule has 1 aromatic heterocycles. The first-order valence-corrected chi connectivity index (χ1v) is 10.7. The summed E-state index contributed by atoms with van der Waals surface area (Å²) in [5.41, 5.74) is 3.33. The first-order chi connectivity index (χ1) is 14.6. The van der Waals surface area contributed by atoms with Crippen LogP contribution in [0.4, 0.5) is 0 Å². The SMILES string of the molecule is Cc1ccccc1-n1nc(C(=O)N2CCCN(C)CC2)nc1CCc1ccccc1. The second-order valence-electron chi connectivity index (χ2n) is 7.98. The van der Waals surface area contributed by atoms with Gasteiger partial charge in [0.05, 0.1) is 5.69 Å². The van der Waals surface area contributed by atoms with E-state index in [0.29, 0.717) is 12.4 Å². The van der Waals surface area contributed by atoms with Crippen LogP contribution in [0.5, 0.6) is 0 Å². The number of amides is 1. The summed E-state index contributed by atoms with van der Waals surface area (Å²) in [5.74, 6) is 1.05. The lowest BCUT2D eigenvalue weighted by atomic mass is 10.1. The van der Waals surface area contributed by atoms with Crippen LogP contribution in [0.15, 0.2) is 54.6 Å². The number of carbonyl (C=O) groups is 1. The molecule has 1 fully saturated rings. The van der Waals surface area contributed by atoms with Crippen LogP contribution in [0.25, 0.3) is 5.69 Å². The van der Waals surface area contributed by atoms with Gasteiger partial charge in [0.25, 0.3) is 5.91 Å². The van der Waals surface area contributed by atoms with Crippen molar-refractivity contribution in [2.75, 3.05) is 33.2 Å². The highest BCUT2D eigenvalue weighted by molar-refractivity contribution is 5.90. The van der Waals surface area contributed by atoms with Gasteiger partial charge in [0.1, 0.15) is 5.82 Å². The van der Waals surface area contributed by atoms with Gasteiger partial charge in [-0.1, -0.05) is 48.5 Å². The maximum Gasteiger partial charge on any atom is 0.293 e. The lowest BCUT2D eigenvalue weighted by Gasteiger charge is -2.18. The van der Waals surface area contributed by atoms with Crippen LogP contribution in [-0.4, -0.2) is 63.7 Å². The Hall–Kier alpha value is -2.99. The van der Waals surface area contributed by atoms with Crippen molar-refractivity contribution in [1.29, 1.82) is 0 Å². The van der Waals surface area contributed by atoms with Crippen molar-refractivity contribution in [3.63, 3.8) is 0 Å². The number of hydrogen-bond acceptors (Lipinski definition) is 4. The monoisotopic (exact) mass is 403 g/mol. The number of carbonyl (C=O) groups excluding carboxylic acids is 1. The predicted molar refractivity (Wildman–Crippen MR) is 118 cm³/mol. The summed E-state index contributed by atoms with van der Waals surface area (Å²) >= 11 is 0. The summed E-state index contributed by atoms with van der Waals surface area (Å²) in [6.45, 7) is 5.42. The van der Waals surface area contributed by atoms with E-state index < -0.39 is 0 Å². The Kier molecular flexibility index (Phi) is 6.23. The van der Waals surface area contributed by atoms with Gasteiger partial charge < -0.3 is 9.80 Å². The van der Waals surface area contributed by atoms with E-state index in [1.54, 1.807) is 0 Å². The average Bonchev–Trinajstić information content (AvgIpc) is 3.07. The van der Waals surface area contributed by atoms with Gasteiger partial charge in [-0.3, -0.25) is 4.79 Å². The summed E-state index contributed by atoms with van der Waals surface area (Å²) < 4.78 is 1.86. The second-order valence-corrected chi connectivity index (χ2v) is 7.98. The quantitative estimate of drug-likeness (QED) is 0.657. The molecule has 4 rings (SSSR count). The maximum atomic E-state index is 13.2. The van der Waals surface area contributed by atoms with E-state index in [-0.39, 0.29) is 5.91 Å². The topological polar surface area (TPSA) is 54.3 Å². The van der Waals surface area contributed by atoms with Crippen molar-refractivity contribution in [2.24, 2.45) is 0 Å². The van der Waals surface area contributed by atoms with E-state index in [1.807, 2.05) is 46.0 Å². The van der Waals surface area contributed by atoms with Gasteiger partial charge in [-0.2, -0.15) is 0 Å². The van der Waals surface area contributed by atoms with E-state index in [1.165, 1.54) is 5.56 Å². The summed E-state index contributed by atoms with van der Waals surface area (Å²) in [5, 5.41) is 4.68. The van der Waals surface area contributed by atoms with Crippen LogP contribution in [0.1, 0.15) is 34.0 Å². The van der Waals surface area contributed by atoms with Gasteiger partial charge in [-0.15, -0.1) is 5.10 Å². The molecule has 3 aromatic rings.